The van der Waals surface area contributed by atoms with Gasteiger partial charge in [0.25, 0.3) is 11.5 Å². The van der Waals surface area contributed by atoms with Gasteiger partial charge in [0.15, 0.2) is 5.82 Å². The van der Waals surface area contributed by atoms with Gasteiger partial charge in [-0.1, -0.05) is 30.7 Å². The Balaban J connectivity index is 0.922. The van der Waals surface area contributed by atoms with Crippen molar-refractivity contribution in [2.24, 2.45) is 4.99 Å². The summed E-state index contributed by atoms with van der Waals surface area (Å²) in [7, 11) is 0. The summed E-state index contributed by atoms with van der Waals surface area (Å²) in [5.74, 6) is 1.93. The van der Waals surface area contributed by atoms with E-state index in [0.29, 0.717) is 48.2 Å². The van der Waals surface area contributed by atoms with E-state index in [0.717, 1.165) is 78.8 Å². The number of aliphatic imine (C=N–C) groups is 1. The first-order valence-corrected chi connectivity index (χ1v) is 22.8. The van der Waals surface area contributed by atoms with Crippen LogP contribution in [-0.4, -0.2) is 83.1 Å². The highest BCUT2D eigenvalue weighted by Crippen LogP contribution is 2.40. The average molecular weight is 897 g/mol. The van der Waals surface area contributed by atoms with Crippen LogP contribution in [0.25, 0.3) is 27.0 Å². The van der Waals surface area contributed by atoms with Gasteiger partial charge in [-0.15, -0.1) is 21.5 Å². The van der Waals surface area contributed by atoms with Crippen molar-refractivity contribution >= 4 is 57.2 Å². The maximum absolute atomic E-state index is 14.1. The fourth-order valence-corrected chi connectivity index (χ4v) is 10.1. The Kier molecular flexibility index (Phi) is 11.6. The maximum atomic E-state index is 14.1. The summed E-state index contributed by atoms with van der Waals surface area (Å²) in [4.78, 5) is 59.1. The molecule has 2 N–H and O–H groups in total. The summed E-state index contributed by atoms with van der Waals surface area (Å²) < 4.78 is 4.03. The van der Waals surface area contributed by atoms with Crippen LogP contribution in [0, 0.1) is 34.6 Å². The summed E-state index contributed by atoms with van der Waals surface area (Å²) in [6.45, 7) is 16.5. The van der Waals surface area contributed by atoms with Crippen LogP contribution in [-0.2, 0) is 11.3 Å². The normalized spacial score (nSPS) is 15.4. The number of aromatic nitrogens is 7. The molecule has 0 saturated carbocycles. The first kappa shape index (κ1) is 42.8. The number of rotatable bonds is 10. The lowest BCUT2D eigenvalue weighted by Crippen LogP contribution is -2.49. The van der Waals surface area contributed by atoms with Gasteiger partial charge in [0.05, 0.1) is 29.4 Å². The van der Waals surface area contributed by atoms with Gasteiger partial charge < -0.3 is 20.1 Å². The minimum absolute atomic E-state index is 0.00481. The van der Waals surface area contributed by atoms with Crippen LogP contribution in [0.15, 0.2) is 76.8 Å². The number of hydrogen-bond acceptors (Lipinski definition) is 10. The molecule has 0 bridgehead atoms. The van der Waals surface area contributed by atoms with E-state index in [4.69, 9.17) is 21.6 Å². The number of fused-ring (bicyclic) bond motifs is 4. The number of carbonyl (C=O) groups is 2. The Morgan fingerprint density at radius 1 is 0.938 bits per heavy atom. The quantitative estimate of drug-likeness (QED) is 0.139. The Bertz CT molecular complexity index is 3030. The molecule has 328 valence electrons. The number of carbonyl (C=O) groups excluding carboxylic acids is 2. The van der Waals surface area contributed by atoms with Crippen LogP contribution in [0.1, 0.15) is 99.2 Å². The highest BCUT2D eigenvalue weighted by atomic mass is 35.5. The fraction of sp³-hybridized carbons (Fsp3) is 0.333. The number of nitrogens with zero attached hydrogens (tertiary/aromatic N) is 9. The predicted octanol–water partition coefficient (Wildman–Crippen LogP) is 8.16. The number of aromatic amines is 1. The third kappa shape index (κ3) is 7.91. The van der Waals surface area contributed by atoms with Crippen molar-refractivity contribution in [1.82, 2.24) is 44.7 Å². The number of benzene rings is 2. The maximum Gasteiger partial charge on any atom is 0.253 e. The second kappa shape index (κ2) is 17.3. The van der Waals surface area contributed by atoms with E-state index in [1.54, 1.807) is 17.5 Å². The summed E-state index contributed by atoms with van der Waals surface area (Å²) in [6.07, 6.45) is 4.59. The monoisotopic (exact) mass is 895 g/mol. The van der Waals surface area contributed by atoms with Crippen LogP contribution in [0.2, 0.25) is 5.02 Å². The minimum atomic E-state index is -0.540. The molecule has 9 rings (SSSR count). The van der Waals surface area contributed by atoms with E-state index in [2.05, 4.69) is 68.8 Å². The van der Waals surface area contributed by atoms with E-state index in [1.165, 1.54) is 4.88 Å². The molecule has 1 fully saturated rings. The molecule has 0 spiro atoms. The SMILES string of the molecule is CCC(C)n1ncc2c(C(=O)NCc3c(C)cc(C)[nH]c3=O)cc(-c3ccc(N4CCN(C(=O)C[C@@H]5N=C(c6ccc(Cl)cc6)c6c(sc(C)c6C)-n6c(C)nnc65)CC4)nc3)cc21. The van der Waals surface area contributed by atoms with Crippen molar-refractivity contribution < 1.29 is 9.59 Å². The molecule has 2 amide bonds. The first-order valence-electron chi connectivity index (χ1n) is 21.6. The smallest absolute Gasteiger partial charge is 0.253 e. The van der Waals surface area contributed by atoms with Gasteiger partial charge in [-0.3, -0.25) is 28.6 Å². The number of amides is 2. The molecular weight excluding hydrogens is 846 g/mol. The van der Waals surface area contributed by atoms with Crippen LogP contribution in [0.5, 0.6) is 0 Å². The first-order chi connectivity index (χ1) is 30.8. The zero-order chi connectivity index (χ0) is 45.0. The topological polar surface area (TPSA) is 159 Å². The molecule has 0 aliphatic carbocycles. The molecule has 7 aromatic rings. The largest absolute Gasteiger partial charge is 0.353 e. The molecule has 5 aromatic heterocycles. The van der Waals surface area contributed by atoms with E-state index in [1.807, 2.05) is 85.1 Å². The van der Waals surface area contributed by atoms with Crippen LogP contribution >= 0.6 is 22.9 Å². The van der Waals surface area contributed by atoms with Gasteiger partial charge >= 0.3 is 0 Å². The third-order valence-electron chi connectivity index (χ3n) is 12.7. The lowest BCUT2D eigenvalue weighted by atomic mass is 9.99. The van der Waals surface area contributed by atoms with Gasteiger partial charge in [-0.05, 0) is 107 Å². The molecule has 1 saturated heterocycles. The number of halogens is 1. The Hall–Kier alpha value is -6.45. The number of anilines is 1. The highest BCUT2D eigenvalue weighted by Gasteiger charge is 2.34. The molecule has 2 aromatic carbocycles. The molecule has 16 heteroatoms. The van der Waals surface area contributed by atoms with E-state index >= 15 is 0 Å². The third-order valence-corrected chi connectivity index (χ3v) is 14.1. The summed E-state index contributed by atoms with van der Waals surface area (Å²) in [5, 5.41) is 19.1. The molecule has 64 heavy (non-hydrogen) atoms. The Morgan fingerprint density at radius 3 is 2.39 bits per heavy atom. The highest BCUT2D eigenvalue weighted by molar-refractivity contribution is 7.15. The number of H-pyrrole nitrogens is 1. The standard InChI is InChI=1S/C48H50ClN11O3S/c1-8-28(4)60-40-21-34(20-36(38(40)25-52-60)46(62)51-24-37-26(2)19-27(3)53-47(37)63)33-11-14-41(50-23-33)57-15-17-58(18-16-57)42(61)22-39-45-56-55-31(7)59(45)48-43(29(5)30(6)64-48)44(54-39)32-9-12-35(49)13-10-32/h9-14,19-21,23,25,28,39H,8,15-18,22,24H2,1-7H3,(H,51,62)(H,53,63)/t28?,39-/m0/s1. The van der Waals surface area contributed by atoms with Crippen molar-refractivity contribution in [2.45, 2.75) is 79.9 Å². The van der Waals surface area contributed by atoms with Gasteiger partial charge in [-0.25, -0.2) is 4.98 Å². The van der Waals surface area contributed by atoms with Crippen molar-refractivity contribution in [2.75, 3.05) is 31.1 Å². The minimum Gasteiger partial charge on any atom is -0.353 e. The number of nitrogens with one attached hydrogen (secondary N) is 2. The van der Waals surface area contributed by atoms with Gasteiger partial charge in [0.1, 0.15) is 22.7 Å². The van der Waals surface area contributed by atoms with Crippen LogP contribution in [0.3, 0.4) is 0 Å². The Labute approximate surface area is 380 Å². The molecule has 7 heterocycles. The average Bonchev–Trinajstić information content (AvgIpc) is 3.95. The van der Waals surface area contributed by atoms with E-state index in [-0.39, 0.29) is 36.4 Å². The molecular formula is C48H50ClN11O3S. The van der Waals surface area contributed by atoms with Crippen molar-refractivity contribution in [3.63, 3.8) is 0 Å². The molecule has 2 atom stereocenters. The number of thiophene rings is 1. The molecule has 14 nitrogen and oxygen atoms in total. The van der Waals surface area contributed by atoms with Crippen molar-refractivity contribution in [3.05, 3.63) is 138 Å². The molecule has 1 unspecified atom stereocenters. The van der Waals surface area contributed by atoms with Crippen LogP contribution < -0.4 is 15.8 Å². The lowest BCUT2D eigenvalue weighted by molar-refractivity contribution is -0.131. The molecule has 0 radical (unpaired) electrons. The van der Waals surface area contributed by atoms with Crippen LogP contribution in [0.4, 0.5) is 5.82 Å². The van der Waals surface area contributed by atoms with Crippen molar-refractivity contribution in [1.29, 1.82) is 0 Å². The summed E-state index contributed by atoms with van der Waals surface area (Å²) in [6, 6.07) is 17.1. The Morgan fingerprint density at radius 2 is 1.69 bits per heavy atom. The number of pyridine rings is 2. The second-order valence-electron chi connectivity index (χ2n) is 16.8. The second-order valence-corrected chi connectivity index (χ2v) is 18.5. The van der Waals surface area contributed by atoms with Crippen molar-refractivity contribution in [3.8, 4) is 16.1 Å². The van der Waals surface area contributed by atoms with Gasteiger partial charge in [0.2, 0.25) is 5.91 Å². The fourth-order valence-electron chi connectivity index (χ4n) is 8.75. The molecule has 2 aliphatic heterocycles. The lowest BCUT2D eigenvalue weighted by Gasteiger charge is -2.35. The number of piperazine rings is 1. The number of aryl methyl sites for hydroxylation is 4. The van der Waals surface area contributed by atoms with Gasteiger partial charge in [-0.2, -0.15) is 5.10 Å². The van der Waals surface area contributed by atoms with Gasteiger partial charge in [0, 0.05) is 88.2 Å². The summed E-state index contributed by atoms with van der Waals surface area (Å²) >= 11 is 7.99. The molecule has 2 aliphatic rings. The predicted molar refractivity (Wildman–Crippen MR) is 252 cm³/mol. The van der Waals surface area contributed by atoms with E-state index in [9.17, 15) is 14.4 Å². The van der Waals surface area contributed by atoms with E-state index < -0.39 is 6.04 Å². The zero-order valence-corrected chi connectivity index (χ0v) is 38.6. The number of hydrogen-bond donors (Lipinski definition) is 2. The summed E-state index contributed by atoms with van der Waals surface area (Å²) in [5.41, 5.74) is 8.82. The zero-order valence-electron chi connectivity index (χ0n) is 37.0.